The molecular weight excluding hydrogens is 252 g/mol. The fourth-order valence-corrected chi connectivity index (χ4v) is 4.79. The highest BCUT2D eigenvalue weighted by Crippen LogP contribution is 2.27. The molecule has 17 heavy (non-hydrogen) atoms. The van der Waals surface area contributed by atoms with Crippen LogP contribution in [0.2, 0.25) is 0 Å². The Morgan fingerprint density at radius 1 is 1.59 bits per heavy atom. The number of aliphatic hydroxyl groups is 1. The predicted molar refractivity (Wildman–Crippen MR) is 75.8 cm³/mol. The first-order chi connectivity index (χ1) is 8.31. The summed E-state index contributed by atoms with van der Waals surface area (Å²) in [7, 11) is 0. The third kappa shape index (κ3) is 3.66. The second kappa shape index (κ2) is 6.71. The lowest BCUT2D eigenvalue weighted by atomic mass is 10.2. The van der Waals surface area contributed by atoms with Crippen LogP contribution >= 0.6 is 23.5 Å². The molecule has 1 N–H and O–H groups in total. The van der Waals surface area contributed by atoms with E-state index in [2.05, 4.69) is 16.5 Å². The molecule has 1 aliphatic rings. The van der Waals surface area contributed by atoms with Gasteiger partial charge in [-0.1, -0.05) is 6.92 Å². The van der Waals surface area contributed by atoms with Crippen LogP contribution in [0.25, 0.3) is 0 Å². The van der Waals surface area contributed by atoms with E-state index in [1.807, 2.05) is 35.9 Å². The standard InChI is InChI=1S/C12H20N2OS2/c1-2-4-14-5-3-13-12(14)8-10(15)11-9-16-6-7-17-11/h3,5,10-11,15H,2,4,6-9H2,1H3. The van der Waals surface area contributed by atoms with E-state index in [9.17, 15) is 5.11 Å². The van der Waals surface area contributed by atoms with E-state index >= 15 is 0 Å². The fourth-order valence-electron chi connectivity index (χ4n) is 2.02. The van der Waals surface area contributed by atoms with Crippen molar-refractivity contribution in [2.24, 2.45) is 0 Å². The first-order valence-corrected chi connectivity index (χ1v) is 8.39. The SMILES string of the molecule is CCCn1ccnc1CC(O)C1CSCCS1. The second-order valence-corrected chi connectivity index (χ2v) is 6.79. The summed E-state index contributed by atoms with van der Waals surface area (Å²) >= 11 is 3.85. The van der Waals surface area contributed by atoms with Crippen molar-refractivity contribution in [3.63, 3.8) is 0 Å². The zero-order valence-corrected chi connectivity index (χ0v) is 11.8. The summed E-state index contributed by atoms with van der Waals surface area (Å²) in [6, 6.07) is 0. The Bertz CT molecular complexity index is 337. The summed E-state index contributed by atoms with van der Waals surface area (Å²) in [5.41, 5.74) is 0. The lowest BCUT2D eigenvalue weighted by Crippen LogP contribution is -2.31. The molecular formula is C12H20N2OS2. The molecule has 3 nitrogen and oxygen atoms in total. The van der Waals surface area contributed by atoms with Crippen LogP contribution in [0, 0.1) is 0 Å². The molecule has 96 valence electrons. The Kier molecular flexibility index (Phi) is 5.25. The van der Waals surface area contributed by atoms with Gasteiger partial charge in [0, 0.05) is 47.9 Å². The number of rotatable bonds is 5. The van der Waals surface area contributed by atoms with E-state index < -0.39 is 0 Å². The van der Waals surface area contributed by atoms with Gasteiger partial charge in [0.2, 0.25) is 0 Å². The second-order valence-electron chi connectivity index (χ2n) is 4.29. The Morgan fingerprint density at radius 2 is 2.47 bits per heavy atom. The maximum Gasteiger partial charge on any atom is 0.111 e. The van der Waals surface area contributed by atoms with E-state index in [1.54, 1.807) is 0 Å². The van der Waals surface area contributed by atoms with Gasteiger partial charge in [0.1, 0.15) is 5.82 Å². The van der Waals surface area contributed by atoms with Gasteiger partial charge in [0.15, 0.2) is 0 Å². The van der Waals surface area contributed by atoms with Crippen molar-refractivity contribution in [1.29, 1.82) is 0 Å². The molecule has 2 heterocycles. The highest BCUT2D eigenvalue weighted by Gasteiger charge is 2.24. The maximum atomic E-state index is 10.3. The number of imidazole rings is 1. The molecule has 0 radical (unpaired) electrons. The quantitative estimate of drug-likeness (QED) is 0.890. The van der Waals surface area contributed by atoms with Gasteiger partial charge in [-0.15, -0.1) is 0 Å². The average molecular weight is 272 g/mol. The van der Waals surface area contributed by atoms with Gasteiger partial charge in [-0.2, -0.15) is 23.5 Å². The third-order valence-corrected chi connectivity index (χ3v) is 5.83. The summed E-state index contributed by atoms with van der Waals surface area (Å²) in [6.07, 6.45) is 5.37. The largest absolute Gasteiger partial charge is 0.391 e. The number of aryl methyl sites for hydroxylation is 1. The molecule has 1 aromatic rings. The van der Waals surface area contributed by atoms with Crippen LogP contribution in [-0.2, 0) is 13.0 Å². The Labute approximate surface area is 111 Å². The van der Waals surface area contributed by atoms with Crippen LogP contribution in [0.5, 0.6) is 0 Å². The zero-order chi connectivity index (χ0) is 12.1. The van der Waals surface area contributed by atoms with Crippen molar-refractivity contribution < 1.29 is 5.11 Å². The first kappa shape index (κ1) is 13.3. The lowest BCUT2D eigenvalue weighted by molar-refractivity contribution is 0.173. The van der Waals surface area contributed by atoms with Crippen molar-refractivity contribution in [3.05, 3.63) is 18.2 Å². The molecule has 0 saturated carbocycles. The summed E-state index contributed by atoms with van der Waals surface area (Å²) < 4.78 is 2.16. The highest BCUT2D eigenvalue weighted by atomic mass is 32.2. The van der Waals surface area contributed by atoms with Crippen LogP contribution in [0.4, 0.5) is 0 Å². The Hall–Kier alpha value is -0.130. The molecule has 2 atom stereocenters. The van der Waals surface area contributed by atoms with Crippen LogP contribution < -0.4 is 0 Å². The zero-order valence-electron chi connectivity index (χ0n) is 10.2. The van der Waals surface area contributed by atoms with Crippen LogP contribution in [0.15, 0.2) is 12.4 Å². The van der Waals surface area contributed by atoms with E-state index in [0.29, 0.717) is 11.7 Å². The fraction of sp³-hybridized carbons (Fsp3) is 0.750. The van der Waals surface area contributed by atoms with Gasteiger partial charge < -0.3 is 9.67 Å². The number of aromatic nitrogens is 2. The molecule has 0 aliphatic carbocycles. The normalized spacial score (nSPS) is 22.6. The van der Waals surface area contributed by atoms with E-state index in [4.69, 9.17) is 0 Å². The Balaban J connectivity index is 1.92. The molecule has 1 aliphatic heterocycles. The molecule has 0 amide bonds. The van der Waals surface area contributed by atoms with Gasteiger partial charge in [-0.05, 0) is 6.42 Å². The van der Waals surface area contributed by atoms with Crippen molar-refractivity contribution in [2.75, 3.05) is 17.3 Å². The van der Waals surface area contributed by atoms with Gasteiger partial charge in [-0.3, -0.25) is 0 Å². The smallest absolute Gasteiger partial charge is 0.111 e. The van der Waals surface area contributed by atoms with Crippen molar-refractivity contribution >= 4 is 23.5 Å². The molecule has 0 spiro atoms. The number of hydrogen-bond donors (Lipinski definition) is 1. The molecule has 0 bridgehead atoms. The van der Waals surface area contributed by atoms with E-state index in [1.165, 1.54) is 5.75 Å². The molecule has 0 aromatic carbocycles. The highest BCUT2D eigenvalue weighted by molar-refractivity contribution is 8.06. The Morgan fingerprint density at radius 3 is 3.18 bits per heavy atom. The molecule has 2 unspecified atom stereocenters. The number of thioether (sulfide) groups is 2. The number of hydrogen-bond acceptors (Lipinski definition) is 4. The molecule has 2 rings (SSSR count). The predicted octanol–water partition coefficient (Wildman–Crippen LogP) is 2.05. The molecule has 1 saturated heterocycles. The minimum atomic E-state index is -0.259. The number of aliphatic hydroxyl groups excluding tert-OH is 1. The topological polar surface area (TPSA) is 38.0 Å². The molecule has 5 heteroatoms. The van der Waals surface area contributed by atoms with Crippen LogP contribution in [-0.4, -0.2) is 43.3 Å². The minimum Gasteiger partial charge on any atom is -0.391 e. The average Bonchev–Trinajstić information content (AvgIpc) is 2.78. The summed E-state index contributed by atoms with van der Waals surface area (Å²) in [5.74, 6) is 4.48. The monoisotopic (exact) mass is 272 g/mol. The van der Waals surface area contributed by atoms with Gasteiger partial charge >= 0.3 is 0 Å². The van der Waals surface area contributed by atoms with E-state index in [-0.39, 0.29) is 6.10 Å². The van der Waals surface area contributed by atoms with Crippen molar-refractivity contribution in [3.8, 4) is 0 Å². The maximum absolute atomic E-state index is 10.3. The van der Waals surface area contributed by atoms with E-state index in [0.717, 1.165) is 30.3 Å². The van der Waals surface area contributed by atoms with Crippen LogP contribution in [0.1, 0.15) is 19.2 Å². The van der Waals surface area contributed by atoms with Crippen molar-refractivity contribution in [1.82, 2.24) is 9.55 Å². The first-order valence-electron chi connectivity index (χ1n) is 6.18. The van der Waals surface area contributed by atoms with Gasteiger partial charge in [-0.25, -0.2) is 4.98 Å². The lowest BCUT2D eigenvalue weighted by Gasteiger charge is -2.25. The van der Waals surface area contributed by atoms with Gasteiger partial charge in [0.05, 0.1) is 6.10 Å². The summed E-state index contributed by atoms with van der Waals surface area (Å²) in [4.78, 5) is 4.36. The van der Waals surface area contributed by atoms with Crippen LogP contribution in [0.3, 0.4) is 0 Å². The van der Waals surface area contributed by atoms with Gasteiger partial charge in [0.25, 0.3) is 0 Å². The third-order valence-electron chi connectivity index (χ3n) is 2.93. The summed E-state index contributed by atoms with van der Waals surface area (Å²) in [5, 5.41) is 10.6. The van der Waals surface area contributed by atoms with Crippen molar-refractivity contribution in [2.45, 2.75) is 37.7 Å². The summed E-state index contributed by atoms with van der Waals surface area (Å²) in [6.45, 7) is 3.16. The minimum absolute atomic E-state index is 0.259. The number of nitrogens with zero attached hydrogens (tertiary/aromatic N) is 2. The molecule has 1 fully saturated rings. The molecule has 1 aromatic heterocycles.